The molecule has 4 aromatic rings. The molecule has 0 radical (unpaired) electrons. The molecule has 0 amide bonds. The van der Waals surface area contributed by atoms with Crippen molar-refractivity contribution >= 4 is 11.0 Å². The maximum atomic E-state index is 12.4. The van der Waals surface area contributed by atoms with E-state index in [1.807, 2.05) is 72.8 Å². The van der Waals surface area contributed by atoms with E-state index >= 15 is 0 Å². The lowest BCUT2D eigenvalue weighted by Gasteiger charge is -2.04. The zero-order chi connectivity index (χ0) is 18.6. The minimum Gasteiger partial charge on any atom is -0.497 e. The van der Waals surface area contributed by atoms with E-state index in [9.17, 15) is 4.79 Å². The second-order valence-electron chi connectivity index (χ2n) is 6.04. The van der Waals surface area contributed by atoms with E-state index in [1.54, 1.807) is 13.2 Å². The van der Waals surface area contributed by atoms with E-state index in [4.69, 9.17) is 9.15 Å². The second-order valence-corrected chi connectivity index (χ2v) is 6.04. The van der Waals surface area contributed by atoms with E-state index in [0.29, 0.717) is 16.9 Å². The van der Waals surface area contributed by atoms with Gasteiger partial charge >= 0.3 is 5.63 Å². The van der Waals surface area contributed by atoms with Gasteiger partial charge in [-0.1, -0.05) is 42.2 Å². The predicted molar refractivity (Wildman–Crippen MR) is 107 cm³/mol. The highest BCUT2D eigenvalue weighted by Crippen LogP contribution is 2.24. The van der Waals surface area contributed by atoms with Gasteiger partial charge in [-0.2, -0.15) is 0 Å². The summed E-state index contributed by atoms with van der Waals surface area (Å²) in [6, 6.07) is 24.7. The fourth-order valence-corrected chi connectivity index (χ4v) is 2.82. The Morgan fingerprint density at radius 2 is 1.52 bits per heavy atom. The van der Waals surface area contributed by atoms with Gasteiger partial charge < -0.3 is 9.15 Å². The van der Waals surface area contributed by atoms with Crippen LogP contribution in [0.1, 0.15) is 11.1 Å². The lowest BCUT2D eigenvalue weighted by molar-refractivity contribution is 0.414. The van der Waals surface area contributed by atoms with Crippen LogP contribution in [0.4, 0.5) is 0 Å². The Morgan fingerprint density at radius 1 is 0.815 bits per heavy atom. The summed E-state index contributed by atoms with van der Waals surface area (Å²) in [6.07, 6.45) is 0. The Kier molecular flexibility index (Phi) is 4.47. The number of benzene rings is 3. The Morgan fingerprint density at radius 3 is 2.22 bits per heavy atom. The highest BCUT2D eigenvalue weighted by atomic mass is 16.5. The normalized spacial score (nSPS) is 10.3. The molecule has 0 unspecified atom stereocenters. The minimum absolute atomic E-state index is 0.376. The molecule has 0 aliphatic heterocycles. The van der Waals surface area contributed by atoms with Crippen molar-refractivity contribution in [3.8, 4) is 28.7 Å². The van der Waals surface area contributed by atoms with Crippen molar-refractivity contribution in [1.29, 1.82) is 0 Å². The van der Waals surface area contributed by atoms with Crippen LogP contribution >= 0.6 is 0 Å². The molecule has 3 nitrogen and oxygen atoms in total. The van der Waals surface area contributed by atoms with Crippen LogP contribution in [0.5, 0.6) is 5.75 Å². The second kappa shape index (κ2) is 7.23. The molecule has 3 heteroatoms. The molecule has 27 heavy (non-hydrogen) atoms. The SMILES string of the molecule is COc1ccc2cc(-c3ccc(C#Cc4ccccc4)cc3)c(=O)oc2c1. The molecule has 0 N–H and O–H groups in total. The van der Waals surface area contributed by atoms with Gasteiger partial charge in [-0.15, -0.1) is 0 Å². The molecule has 0 saturated heterocycles. The number of ether oxygens (including phenoxy) is 1. The molecule has 0 aliphatic carbocycles. The van der Waals surface area contributed by atoms with Crippen LogP contribution in [0.3, 0.4) is 0 Å². The van der Waals surface area contributed by atoms with Crippen molar-refractivity contribution in [1.82, 2.24) is 0 Å². The molecule has 1 heterocycles. The fraction of sp³-hybridized carbons (Fsp3) is 0.0417. The first-order valence-electron chi connectivity index (χ1n) is 8.52. The summed E-state index contributed by atoms with van der Waals surface area (Å²) in [7, 11) is 1.58. The maximum Gasteiger partial charge on any atom is 0.344 e. The molecule has 0 atom stereocenters. The monoisotopic (exact) mass is 352 g/mol. The number of hydrogen-bond acceptors (Lipinski definition) is 3. The molecular weight excluding hydrogens is 336 g/mol. The fourth-order valence-electron chi connectivity index (χ4n) is 2.82. The van der Waals surface area contributed by atoms with Crippen LogP contribution in [0, 0.1) is 11.8 Å². The lowest BCUT2D eigenvalue weighted by Crippen LogP contribution is -2.02. The van der Waals surface area contributed by atoms with E-state index in [2.05, 4.69) is 11.8 Å². The van der Waals surface area contributed by atoms with Gasteiger partial charge in [0.1, 0.15) is 11.3 Å². The zero-order valence-corrected chi connectivity index (χ0v) is 14.7. The number of methoxy groups -OCH3 is 1. The molecule has 0 fully saturated rings. The molecule has 3 aromatic carbocycles. The smallest absolute Gasteiger partial charge is 0.344 e. The summed E-state index contributed by atoms with van der Waals surface area (Å²) in [5.41, 5.74) is 3.30. The average Bonchev–Trinajstić information content (AvgIpc) is 2.72. The molecule has 0 bridgehead atoms. The third kappa shape index (κ3) is 3.61. The summed E-state index contributed by atoms with van der Waals surface area (Å²) >= 11 is 0. The van der Waals surface area contributed by atoms with Gasteiger partial charge in [0.05, 0.1) is 12.7 Å². The van der Waals surface area contributed by atoms with Crippen LogP contribution in [0.25, 0.3) is 22.1 Å². The van der Waals surface area contributed by atoms with Crippen LogP contribution in [-0.4, -0.2) is 7.11 Å². The molecule has 130 valence electrons. The van der Waals surface area contributed by atoms with E-state index in [1.165, 1.54) is 0 Å². The van der Waals surface area contributed by atoms with Gasteiger partial charge in [0, 0.05) is 22.6 Å². The summed E-state index contributed by atoms with van der Waals surface area (Å²) in [6.45, 7) is 0. The molecule has 4 rings (SSSR count). The van der Waals surface area contributed by atoms with Gasteiger partial charge in [-0.25, -0.2) is 4.79 Å². The maximum absolute atomic E-state index is 12.4. The zero-order valence-electron chi connectivity index (χ0n) is 14.7. The van der Waals surface area contributed by atoms with Crippen molar-refractivity contribution in [2.45, 2.75) is 0 Å². The highest BCUT2D eigenvalue weighted by molar-refractivity contribution is 5.82. The topological polar surface area (TPSA) is 39.4 Å². The third-order valence-electron chi connectivity index (χ3n) is 4.26. The standard InChI is InChI=1S/C24H16O3/c1-26-21-14-13-20-15-22(24(25)27-23(20)16-21)19-11-9-18(10-12-19)8-7-17-5-3-2-4-6-17/h2-6,9-16H,1H3. The molecule has 0 spiro atoms. The lowest BCUT2D eigenvalue weighted by atomic mass is 10.0. The Bertz CT molecular complexity index is 1210. The minimum atomic E-state index is -0.376. The predicted octanol–water partition coefficient (Wildman–Crippen LogP) is 4.87. The Balaban J connectivity index is 1.67. The number of fused-ring (bicyclic) bond motifs is 1. The number of hydrogen-bond donors (Lipinski definition) is 0. The van der Waals surface area contributed by atoms with Crippen LogP contribution in [0.2, 0.25) is 0 Å². The first kappa shape index (κ1) is 16.7. The molecule has 0 aliphatic rings. The van der Waals surface area contributed by atoms with Crippen molar-refractivity contribution in [2.24, 2.45) is 0 Å². The van der Waals surface area contributed by atoms with Gasteiger partial charge in [0.25, 0.3) is 0 Å². The number of rotatable bonds is 2. The van der Waals surface area contributed by atoms with Gasteiger partial charge in [-0.05, 0) is 48.0 Å². The summed E-state index contributed by atoms with van der Waals surface area (Å²) in [4.78, 5) is 12.4. The van der Waals surface area contributed by atoms with Gasteiger partial charge in [-0.3, -0.25) is 0 Å². The van der Waals surface area contributed by atoms with E-state index in [-0.39, 0.29) is 5.63 Å². The molecule has 0 saturated carbocycles. The first-order valence-corrected chi connectivity index (χ1v) is 8.52. The third-order valence-corrected chi connectivity index (χ3v) is 4.26. The van der Waals surface area contributed by atoms with Crippen molar-refractivity contribution in [3.05, 3.63) is 100 Å². The van der Waals surface area contributed by atoms with Crippen molar-refractivity contribution in [2.75, 3.05) is 7.11 Å². The van der Waals surface area contributed by atoms with Crippen LogP contribution < -0.4 is 10.4 Å². The summed E-state index contributed by atoms with van der Waals surface area (Å²) < 4.78 is 10.6. The molecular formula is C24H16O3. The largest absolute Gasteiger partial charge is 0.497 e. The molecule has 1 aromatic heterocycles. The van der Waals surface area contributed by atoms with Crippen molar-refractivity contribution < 1.29 is 9.15 Å². The Labute approximate surface area is 156 Å². The van der Waals surface area contributed by atoms with E-state index < -0.39 is 0 Å². The van der Waals surface area contributed by atoms with E-state index in [0.717, 1.165) is 22.1 Å². The first-order chi connectivity index (χ1) is 13.2. The van der Waals surface area contributed by atoms with Crippen molar-refractivity contribution in [3.63, 3.8) is 0 Å². The van der Waals surface area contributed by atoms with Crippen LogP contribution in [-0.2, 0) is 0 Å². The summed E-state index contributed by atoms with van der Waals surface area (Å²) in [5, 5.41) is 0.846. The highest BCUT2D eigenvalue weighted by Gasteiger charge is 2.08. The quantitative estimate of drug-likeness (QED) is 0.382. The summed E-state index contributed by atoms with van der Waals surface area (Å²) in [5.74, 6) is 6.91. The van der Waals surface area contributed by atoms with Crippen LogP contribution in [0.15, 0.2) is 88.1 Å². The average molecular weight is 352 g/mol. The Hall–Kier alpha value is -3.77. The van der Waals surface area contributed by atoms with Gasteiger partial charge in [0.15, 0.2) is 0 Å². The van der Waals surface area contributed by atoms with Gasteiger partial charge in [0.2, 0.25) is 0 Å².